The lowest BCUT2D eigenvalue weighted by Gasteiger charge is -2.09. The molecule has 14 heavy (non-hydrogen) atoms. The van der Waals surface area contributed by atoms with Gasteiger partial charge in [-0.15, -0.1) is 0 Å². The van der Waals surface area contributed by atoms with Crippen LogP contribution in [0.1, 0.15) is 0 Å². The van der Waals surface area contributed by atoms with E-state index in [1.165, 1.54) is 18.2 Å². The Morgan fingerprint density at radius 2 is 1.57 bits per heavy atom. The lowest BCUT2D eigenvalue weighted by Crippen LogP contribution is -2.21. The van der Waals surface area contributed by atoms with Gasteiger partial charge in [0.2, 0.25) is 0 Å². The third-order valence-electron chi connectivity index (χ3n) is 1.36. The number of nitrogens with one attached hydrogen (secondary N) is 1. The lowest BCUT2D eigenvalue weighted by molar-refractivity contribution is -0.115. The molecule has 0 aliphatic heterocycles. The Balaban J connectivity index is 2.68. The molecule has 0 aliphatic carbocycles. The van der Waals surface area contributed by atoms with Crippen LogP contribution in [0.5, 0.6) is 0 Å². The number of hydrogen-bond acceptors (Lipinski definition) is 1. The van der Waals surface area contributed by atoms with Gasteiger partial charge in [0, 0.05) is 15.7 Å². The molecular formula is C8H6Cl2F3N. The van der Waals surface area contributed by atoms with E-state index in [-0.39, 0.29) is 5.69 Å². The maximum Gasteiger partial charge on any atom is 0.405 e. The smallest absolute Gasteiger partial charge is 0.376 e. The minimum Gasteiger partial charge on any atom is -0.376 e. The second kappa shape index (κ2) is 4.28. The summed E-state index contributed by atoms with van der Waals surface area (Å²) in [6.07, 6.45) is -4.26. The summed E-state index contributed by atoms with van der Waals surface area (Å²) in [5.41, 5.74) is 0.250. The van der Waals surface area contributed by atoms with Gasteiger partial charge in [0.05, 0.1) is 0 Å². The van der Waals surface area contributed by atoms with Crippen LogP contribution in [-0.4, -0.2) is 12.7 Å². The predicted molar refractivity (Wildman–Crippen MR) is 51.0 cm³/mol. The molecule has 0 aromatic heterocycles. The number of halogens is 5. The summed E-state index contributed by atoms with van der Waals surface area (Å²) in [5.74, 6) is 0. The Labute approximate surface area is 88.8 Å². The van der Waals surface area contributed by atoms with Crippen molar-refractivity contribution in [2.24, 2.45) is 0 Å². The third kappa shape index (κ3) is 4.07. The van der Waals surface area contributed by atoms with E-state index in [1.54, 1.807) is 0 Å². The lowest BCUT2D eigenvalue weighted by atomic mass is 10.3. The zero-order valence-corrected chi connectivity index (χ0v) is 8.34. The fourth-order valence-corrected chi connectivity index (χ4v) is 1.38. The van der Waals surface area contributed by atoms with E-state index in [0.717, 1.165) is 0 Å². The van der Waals surface area contributed by atoms with Gasteiger partial charge in [0.15, 0.2) is 0 Å². The number of alkyl halides is 3. The monoisotopic (exact) mass is 243 g/mol. The van der Waals surface area contributed by atoms with E-state index < -0.39 is 12.7 Å². The van der Waals surface area contributed by atoms with E-state index in [1.807, 2.05) is 0 Å². The van der Waals surface area contributed by atoms with Crippen LogP contribution in [0.4, 0.5) is 18.9 Å². The quantitative estimate of drug-likeness (QED) is 0.829. The summed E-state index contributed by atoms with van der Waals surface area (Å²) in [4.78, 5) is 0. The molecule has 0 amide bonds. The van der Waals surface area contributed by atoms with Gasteiger partial charge in [-0.1, -0.05) is 23.2 Å². The fourth-order valence-electron chi connectivity index (χ4n) is 0.858. The molecule has 0 fully saturated rings. The van der Waals surface area contributed by atoms with Gasteiger partial charge in [0.1, 0.15) is 6.54 Å². The fraction of sp³-hybridized carbons (Fsp3) is 0.250. The molecular weight excluding hydrogens is 238 g/mol. The summed E-state index contributed by atoms with van der Waals surface area (Å²) < 4.78 is 35.4. The number of benzene rings is 1. The van der Waals surface area contributed by atoms with Crippen molar-refractivity contribution >= 4 is 28.9 Å². The Hall–Kier alpha value is -0.610. The van der Waals surface area contributed by atoms with Crippen LogP contribution in [0.2, 0.25) is 10.0 Å². The van der Waals surface area contributed by atoms with Gasteiger partial charge in [-0.25, -0.2) is 0 Å². The van der Waals surface area contributed by atoms with Crippen molar-refractivity contribution < 1.29 is 13.2 Å². The number of rotatable bonds is 2. The molecule has 0 saturated heterocycles. The topological polar surface area (TPSA) is 12.0 Å². The highest BCUT2D eigenvalue weighted by atomic mass is 35.5. The maximum atomic E-state index is 11.8. The van der Waals surface area contributed by atoms with Crippen molar-refractivity contribution in [1.29, 1.82) is 0 Å². The molecule has 1 nitrogen and oxygen atoms in total. The Kier molecular flexibility index (Phi) is 3.50. The Morgan fingerprint density at radius 1 is 1.07 bits per heavy atom. The highest BCUT2D eigenvalue weighted by Crippen LogP contribution is 2.23. The third-order valence-corrected chi connectivity index (χ3v) is 1.79. The van der Waals surface area contributed by atoms with E-state index in [0.29, 0.717) is 10.0 Å². The van der Waals surface area contributed by atoms with Crippen LogP contribution in [-0.2, 0) is 0 Å². The minimum atomic E-state index is -4.26. The first kappa shape index (κ1) is 11.5. The molecule has 0 unspecified atom stereocenters. The molecule has 0 radical (unpaired) electrons. The molecule has 0 aliphatic rings. The first-order valence-corrected chi connectivity index (χ1v) is 4.39. The average molecular weight is 244 g/mol. The molecule has 0 bridgehead atoms. The van der Waals surface area contributed by atoms with E-state index >= 15 is 0 Å². The van der Waals surface area contributed by atoms with Gasteiger partial charge in [0.25, 0.3) is 0 Å². The summed E-state index contributed by atoms with van der Waals surface area (Å²) in [6.45, 7) is -1.11. The van der Waals surface area contributed by atoms with Gasteiger partial charge >= 0.3 is 6.18 Å². The minimum absolute atomic E-state index is 0.250. The summed E-state index contributed by atoms with van der Waals surface area (Å²) in [7, 11) is 0. The molecule has 1 aromatic rings. The zero-order valence-electron chi connectivity index (χ0n) is 6.83. The normalized spacial score (nSPS) is 11.5. The highest BCUT2D eigenvalue weighted by Gasteiger charge is 2.26. The maximum absolute atomic E-state index is 11.8. The van der Waals surface area contributed by atoms with Crippen LogP contribution in [0, 0.1) is 0 Å². The van der Waals surface area contributed by atoms with Gasteiger partial charge in [-0.2, -0.15) is 13.2 Å². The number of hydrogen-bond donors (Lipinski definition) is 1. The second-order valence-electron chi connectivity index (χ2n) is 2.63. The van der Waals surface area contributed by atoms with Crippen molar-refractivity contribution in [2.75, 3.05) is 11.9 Å². The number of anilines is 1. The predicted octanol–water partition coefficient (Wildman–Crippen LogP) is 3.97. The Morgan fingerprint density at radius 3 is 2.00 bits per heavy atom. The molecule has 6 heteroatoms. The van der Waals surface area contributed by atoms with E-state index in [4.69, 9.17) is 23.2 Å². The first-order valence-electron chi connectivity index (χ1n) is 3.63. The van der Waals surface area contributed by atoms with Crippen molar-refractivity contribution in [2.45, 2.75) is 6.18 Å². The van der Waals surface area contributed by atoms with E-state index in [2.05, 4.69) is 5.32 Å². The van der Waals surface area contributed by atoms with Crippen LogP contribution in [0.3, 0.4) is 0 Å². The molecule has 1 rings (SSSR count). The molecule has 78 valence electrons. The molecule has 0 saturated carbocycles. The van der Waals surface area contributed by atoms with Crippen LogP contribution in [0.15, 0.2) is 18.2 Å². The summed E-state index contributed by atoms with van der Waals surface area (Å²) in [5, 5.41) is 2.76. The second-order valence-corrected chi connectivity index (χ2v) is 3.50. The van der Waals surface area contributed by atoms with Gasteiger partial charge in [-0.3, -0.25) is 0 Å². The highest BCUT2D eigenvalue weighted by molar-refractivity contribution is 6.35. The summed E-state index contributed by atoms with van der Waals surface area (Å²) >= 11 is 11.2. The largest absolute Gasteiger partial charge is 0.405 e. The van der Waals surface area contributed by atoms with Crippen LogP contribution < -0.4 is 5.32 Å². The standard InChI is InChI=1S/C8H6Cl2F3N/c9-5-1-6(10)3-7(2-5)14-4-8(11,12)13/h1-3,14H,4H2. The molecule has 0 atom stereocenters. The van der Waals surface area contributed by atoms with Crippen LogP contribution in [0.25, 0.3) is 0 Å². The first-order chi connectivity index (χ1) is 6.37. The summed E-state index contributed by atoms with van der Waals surface area (Å²) in [6, 6.07) is 4.19. The Bertz CT molecular complexity index is 305. The van der Waals surface area contributed by atoms with Crippen LogP contribution >= 0.6 is 23.2 Å². The molecule has 0 heterocycles. The van der Waals surface area contributed by atoms with Gasteiger partial charge < -0.3 is 5.32 Å². The average Bonchev–Trinajstić information content (AvgIpc) is 1.97. The van der Waals surface area contributed by atoms with Crippen molar-refractivity contribution in [1.82, 2.24) is 0 Å². The van der Waals surface area contributed by atoms with Gasteiger partial charge in [-0.05, 0) is 18.2 Å². The van der Waals surface area contributed by atoms with Crippen molar-refractivity contribution in [3.8, 4) is 0 Å². The molecule has 1 aromatic carbocycles. The van der Waals surface area contributed by atoms with Crippen molar-refractivity contribution in [3.63, 3.8) is 0 Å². The zero-order chi connectivity index (χ0) is 10.8. The van der Waals surface area contributed by atoms with E-state index in [9.17, 15) is 13.2 Å². The van der Waals surface area contributed by atoms with Crippen molar-refractivity contribution in [3.05, 3.63) is 28.2 Å². The SMILES string of the molecule is FC(F)(F)CNc1cc(Cl)cc(Cl)c1. The molecule has 1 N–H and O–H groups in total. The molecule has 0 spiro atoms.